The van der Waals surface area contributed by atoms with Gasteiger partial charge in [0.15, 0.2) is 11.5 Å². The highest BCUT2D eigenvalue weighted by Crippen LogP contribution is 2.37. The third-order valence-electron chi connectivity index (χ3n) is 7.56. The summed E-state index contributed by atoms with van der Waals surface area (Å²) in [5, 5.41) is 2.92. The van der Waals surface area contributed by atoms with Gasteiger partial charge in [-0.25, -0.2) is 8.42 Å². The average molecular weight is 658 g/mol. The molecule has 3 aromatic carbocycles. The number of hydrogen-bond acceptors (Lipinski definition) is 9. The van der Waals surface area contributed by atoms with Crippen molar-refractivity contribution < 1.29 is 41.7 Å². The number of rotatable bonds is 16. The highest BCUT2D eigenvalue weighted by molar-refractivity contribution is 7.92. The van der Waals surface area contributed by atoms with E-state index in [9.17, 15) is 18.0 Å². The van der Waals surface area contributed by atoms with Gasteiger partial charge in [0.25, 0.3) is 10.0 Å². The standard InChI is InChI=1S/C33H43N3O9S/c1-9-22(2)34-33(38)23(3)35(20-24-10-12-25(41-4)13-11-24)32(37)21-36(28-18-26(42-5)14-16-29(28)43-6)46(39,40)27-15-17-30(44-7)31(19-27)45-8/h10-19,22-23H,9,20-21H2,1-8H3,(H,34,38)/t22-,23+/m0/s1. The predicted octanol–water partition coefficient (Wildman–Crippen LogP) is 4.26. The van der Waals surface area contributed by atoms with E-state index < -0.39 is 28.5 Å². The Morgan fingerprint density at radius 3 is 1.91 bits per heavy atom. The Morgan fingerprint density at radius 1 is 0.761 bits per heavy atom. The van der Waals surface area contributed by atoms with Crippen LogP contribution in [-0.4, -0.2) is 79.3 Å². The van der Waals surface area contributed by atoms with Crippen molar-refractivity contribution in [2.24, 2.45) is 0 Å². The largest absolute Gasteiger partial charge is 0.497 e. The quantitative estimate of drug-likeness (QED) is 0.240. The Bertz CT molecular complexity index is 1600. The third kappa shape index (κ3) is 8.33. The van der Waals surface area contributed by atoms with E-state index in [0.717, 1.165) is 4.31 Å². The average Bonchev–Trinajstić information content (AvgIpc) is 3.08. The Morgan fingerprint density at radius 2 is 1.35 bits per heavy atom. The second kappa shape index (κ2) is 16.1. The van der Waals surface area contributed by atoms with Gasteiger partial charge in [0, 0.05) is 24.7 Å². The molecule has 46 heavy (non-hydrogen) atoms. The molecule has 0 aromatic heterocycles. The lowest BCUT2D eigenvalue weighted by atomic mass is 10.1. The molecule has 3 rings (SSSR count). The van der Waals surface area contributed by atoms with Crippen LogP contribution < -0.4 is 33.3 Å². The molecule has 0 bridgehead atoms. The van der Waals surface area contributed by atoms with Gasteiger partial charge >= 0.3 is 0 Å². The number of benzene rings is 3. The zero-order valence-electron chi connectivity index (χ0n) is 27.5. The summed E-state index contributed by atoms with van der Waals surface area (Å²) >= 11 is 0. The molecule has 2 atom stereocenters. The first-order valence-electron chi connectivity index (χ1n) is 14.6. The van der Waals surface area contributed by atoms with Gasteiger partial charge in [-0.3, -0.25) is 13.9 Å². The van der Waals surface area contributed by atoms with E-state index in [1.807, 2.05) is 13.8 Å². The number of nitrogens with zero attached hydrogens (tertiary/aromatic N) is 2. The topological polar surface area (TPSA) is 133 Å². The first kappa shape index (κ1) is 35.8. The Labute approximate surface area is 271 Å². The molecule has 0 aliphatic rings. The van der Waals surface area contributed by atoms with Crippen molar-refractivity contribution in [3.63, 3.8) is 0 Å². The minimum absolute atomic E-state index is 0.0252. The first-order valence-corrected chi connectivity index (χ1v) is 16.1. The van der Waals surface area contributed by atoms with Crippen molar-refractivity contribution in [1.29, 1.82) is 0 Å². The summed E-state index contributed by atoms with van der Waals surface area (Å²) in [6, 6.07) is 14.8. The molecule has 0 heterocycles. The number of nitrogens with one attached hydrogen (secondary N) is 1. The highest BCUT2D eigenvalue weighted by Gasteiger charge is 2.35. The van der Waals surface area contributed by atoms with Crippen LogP contribution in [0.5, 0.6) is 28.7 Å². The van der Waals surface area contributed by atoms with Gasteiger partial charge < -0.3 is 33.9 Å². The van der Waals surface area contributed by atoms with Crippen LogP contribution >= 0.6 is 0 Å². The van der Waals surface area contributed by atoms with E-state index in [1.54, 1.807) is 50.4 Å². The molecule has 0 spiro atoms. The number of anilines is 1. The second-order valence-electron chi connectivity index (χ2n) is 10.4. The van der Waals surface area contributed by atoms with E-state index in [1.165, 1.54) is 57.6 Å². The van der Waals surface area contributed by atoms with E-state index >= 15 is 0 Å². The first-order chi connectivity index (χ1) is 21.9. The molecule has 12 nitrogen and oxygen atoms in total. The molecule has 0 aliphatic heterocycles. The SMILES string of the molecule is CC[C@H](C)NC(=O)[C@@H](C)N(Cc1ccc(OC)cc1)C(=O)CN(c1cc(OC)ccc1OC)S(=O)(=O)c1ccc(OC)c(OC)c1. The predicted molar refractivity (Wildman–Crippen MR) is 175 cm³/mol. The second-order valence-corrected chi connectivity index (χ2v) is 12.3. The lowest BCUT2D eigenvalue weighted by Gasteiger charge is -2.33. The molecular formula is C33H43N3O9S. The molecule has 3 aromatic rings. The number of sulfonamides is 1. The molecule has 13 heteroatoms. The molecule has 1 N–H and O–H groups in total. The fourth-order valence-corrected chi connectivity index (χ4v) is 6.02. The van der Waals surface area contributed by atoms with Gasteiger partial charge in [0.1, 0.15) is 29.8 Å². The lowest BCUT2D eigenvalue weighted by molar-refractivity contribution is -0.139. The minimum Gasteiger partial charge on any atom is -0.497 e. The van der Waals surface area contributed by atoms with Crippen molar-refractivity contribution in [3.05, 3.63) is 66.2 Å². The Balaban J connectivity index is 2.16. The van der Waals surface area contributed by atoms with Gasteiger partial charge in [-0.15, -0.1) is 0 Å². The normalized spacial score (nSPS) is 12.3. The van der Waals surface area contributed by atoms with Crippen LogP contribution in [0.1, 0.15) is 32.8 Å². The molecule has 0 radical (unpaired) electrons. The summed E-state index contributed by atoms with van der Waals surface area (Å²) in [5.41, 5.74) is 0.775. The minimum atomic E-state index is -4.45. The van der Waals surface area contributed by atoms with Gasteiger partial charge in [0.05, 0.1) is 46.1 Å². The van der Waals surface area contributed by atoms with Crippen molar-refractivity contribution in [1.82, 2.24) is 10.2 Å². The Hall–Kier alpha value is -4.65. The van der Waals surface area contributed by atoms with Gasteiger partial charge in [-0.1, -0.05) is 19.1 Å². The Kier molecular flexibility index (Phi) is 12.5. The van der Waals surface area contributed by atoms with Crippen LogP contribution in [0, 0.1) is 0 Å². The lowest BCUT2D eigenvalue weighted by Crippen LogP contribution is -2.52. The van der Waals surface area contributed by atoms with Crippen LogP contribution in [0.2, 0.25) is 0 Å². The number of amides is 2. The number of carbonyl (C=O) groups is 2. The van der Waals surface area contributed by atoms with Crippen molar-refractivity contribution >= 4 is 27.5 Å². The van der Waals surface area contributed by atoms with Crippen LogP contribution in [-0.2, 0) is 26.2 Å². The maximum atomic E-state index is 14.4. The zero-order chi connectivity index (χ0) is 34.0. The monoisotopic (exact) mass is 657 g/mol. The number of carbonyl (C=O) groups excluding carboxylic acids is 2. The molecule has 0 unspecified atom stereocenters. The molecule has 0 aliphatic carbocycles. The molecule has 0 fully saturated rings. The maximum absolute atomic E-state index is 14.4. The summed E-state index contributed by atoms with van der Waals surface area (Å²) in [4.78, 5) is 28.8. The zero-order valence-corrected chi connectivity index (χ0v) is 28.3. The summed E-state index contributed by atoms with van der Waals surface area (Å²) in [5.74, 6) is 0.662. The van der Waals surface area contributed by atoms with Gasteiger partial charge in [0.2, 0.25) is 11.8 Å². The smallest absolute Gasteiger partial charge is 0.265 e. The third-order valence-corrected chi connectivity index (χ3v) is 9.31. The fourth-order valence-electron chi connectivity index (χ4n) is 4.59. The van der Waals surface area contributed by atoms with Crippen LogP contribution in [0.15, 0.2) is 65.6 Å². The van der Waals surface area contributed by atoms with E-state index in [0.29, 0.717) is 29.2 Å². The highest BCUT2D eigenvalue weighted by atomic mass is 32.2. The maximum Gasteiger partial charge on any atom is 0.265 e. The molecule has 2 amide bonds. The molecule has 0 saturated heterocycles. The van der Waals surface area contributed by atoms with Crippen LogP contribution in [0.4, 0.5) is 5.69 Å². The summed E-state index contributed by atoms with van der Waals surface area (Å²) < 4.78 is 56.6. The van der Waals surface area contributed by atoms with E-state index in [-0.39, 0.29) is 40.6 Å². The number of methoxy groups -OCH3 is 5. The number of hydrogen-bond donors (Lipinski definition) is 1. The van der Waals surface area contributed by atoms with Crippen LogP contribution in [0.25, 0.3) is 0 Å². The molecule has 250 valence electrons. The molecular weight excluding hydrogens is 614 g/mol. The van der Waals surface area contributed by atoms with Gasteiger partial charge in [-0.2, -0.15) is 0 Å². The van der Waals surface area contributed by atoms with Gasteiger partial charge in [-0.05, 0) is 62.2 Å². The van der Waals surface area contributed by atoms with E-state index in [4.69, 9.17) is 23.7 Å². The fraction of sp³-hybridized carbons (Fsp3) is 0.394. The summed E-state index contributed by atoms with van der Waals surface area (Å²) in [7, 11) is 2.77. The summed E-state index contributed by atoms with van der Waals surface area (Å²) in [6.07, 6.45) is 0.692. The van der Waals surface area contributed by atoms with Crippen molar-refractivity contribution in [2.75, 3.05) is 46.4 Å². The van der Waals surface area contributed by atoms with Crippen molar-refractivity contribution in [2.45, 2.75) is 50.7 Å². The molecule has 0 saturated carbocycles. The van der Waals surface area contributed by atoms with E-state index in [2.05, 4.69) is 5.32 Å². The van der Waals surface area contributed by atoms with Crippen LogP contribution in [0.3, 0.4) is 0 Å². The number of ether oxygens (including phenoxy) is 5. The van der Waals surface area contributed by atoms with Crippen molar-refractivity contribution in [3.8, 4) is 28.7 Å². The summed E-state index contributed by atoms with van der Waals surface area (Å²) in [6.45, 7) is 4.77.